The standard InChI is InChI=1S/CHO3Te/c2-1-5(3)4/h(H,3,4). The van der Waals surface area contributed by atoms with E-state index in [0.29, 0.717) is 0 Å². The Kier molecular flexibility index (Phi) is 2.56. The van der Waals surface area contributed by atoms with Gasteiger partial charge in [-0.05, 0) is 0 Å². The van der Waals surface area contributed by atoms with Crippen molar-refractivity contribution < 1.29 is 11.4 Å². The zero-order valence-corrected chi connectivity index (χ0v) is 4.50. The van der Waals surface area contributed by atoms with Crippen molar-refractivity contribution in [2.75, 3.05) is 0 Å². The molecule has 0 aromatic carbocycles. The first-order valence-corrected chi connectivity index (χ1v) is 3.92. The molecular formula is CHO3Te. The van der Waals surface area contributed by atoms with Gasteiger partial charge in [0.25, 0.3) is 0 Å². The summed E-state index contributed by atoms with van der Waals surface area (Å²) in [4.78, 5) is 8.89. The summed E-state index contributed by atoms with van der Waals surface area (Å²) in [5, 5.41) is 0. The molecule has 0 saturated heterocycles. The molecule has 0 bridgehead atoms. The first kappa shape index (κ1) is 5.22. The molecule has 0 saturated carbocycles. The molecule has 1 radical (unpaired) electrons. The van der Waals surface area contributed by atoms with E-state index in [-0.39, 0.29) is 0 Å². The summed E-state index contributed by atoms with van der Waals surface area (Å²) in [7, 11) is 0. The summed E-state index contributed by atoms with van der Waals surface area (Å²) in [6.07, 6.45) is 0. The van der Waals surface area contributed by atoms with E-state index in [2.05, 4.69) is 0 Å². The van der Waals surface area contributed by atoms with Gasteiger partial charge in [0, 0.05) is 0 Å². The first-order valence-electron chi connectivity index (χ1n) is 0.757. The molecular weight excluding hydrogens is 188 g/mol. The SMILES string of the molecule is O=[C][Te](=O)O. The van der Waals surface area contributed by atoms with Crippen LogP contribution in [0.5, 0.6) is 0 Å². The molecule has 0 aromatic rings. The third-order valence-electron chi connectivity index (χ3n) is 0.0713. The minimum absolute atomic E-state index is 0.948. The number of carbonyl (C=O) groups excluding carboxylic acids is 1. The summed E-state index contributed by atoms with van der Waals surface area (Å²) in [5.74, 6) is 0. The van der Waals surface area contributed by atoms with Crippen molar-refractivity contribution in [3.05, 3.63) is 0 Å². The third kappa shape index (κ3) is 4.22. The van der Waals surface area contributed by atoms with Crippen molar-refractivity contribution in [1.82, 2.24) is 0 Å². The average molecular weight is 189 g/mol. The zero-order valence-electron chi connectivity index (χ0n) is 2.17. The van der Waals surface area contributed by atoms with Crippen molar-refractivity contribution >= 4 is 24.3 Å². The molecule has 0 spiro atoms. The van der Waals surface area contributed by atoms with Crippen LogP contribution >= 0.6 is 0 Å². The van der Waals surface area contributed by atoms with Gasteiger partial charge in [0.15, 0.2) is 0 Å². The Labute approximate surface area is 36.2 Å². The average Bonchev–Trinajstić information content (AvgIpc) is 1.38. The number of hydrogen-bond acceptors (Lipinski definition) is 2. The molecule has 0 aliphatic heterocycles. The van der Waals surface area contributed by atoms with Crippen LogP contribution in [-0.4, -0.2) is 27.8 Å². The second kappa shape index (κ2) is 2.46. The summed E-state index contributed by atoms with van der Waals surface area (Å²) in [5.41, 5.74) is 0. The van der Waals surface area contributed by atoms with Crippen LogP contribution in [0.3, 0.4) is 0 Å². The van der Waals surface area contributed by atoms with Gasteiger partial charge in [0.2, 0.25) is 0 Å². The molecule has 1 N–H and O–H groups in total. The second-order valence-electron chi connectivity index (χ2n) is 0.332. The fourth-order valence-corrected chi connectivity index (χ4v) is 0. The van der Waals surface area contributed by atoms with Crippen LogP contribution in [0.25, 0.3) is 0 Å². The summed E-state index contributed by atoms with van der Waals surface area (Å²) in [6.45, 7) is 0. The Balaban J connectivity index is 3.20. The molecule has 4 heteroatoms. The maximum absolute atomic E-state index is 9.20. The predicted molar refractivity (Wildman–Crippen MR) is 14.4 cm³/mol. The van der Waals surface area contributed by atoms with Crippen LogP contribution in [0.2, 0.25) is 0 Å². The predicted octanol–water partition coefficient (Wildman–Crippen LogP) is -1.45. The van der Waals surface area contributed by atoms with Gasteiger partial charge in [-0.2, -0.15) is 0 Å². The van der Waals surface area contributed by atoms with E-state index in [1.807, 2.05) is 0 Å². The quantitative estimate of drug-likeness (QED) is 0.512. The van der Waals surface area contributed by atoms with E-state index in [0.717, 1.165) is 4.33 Å². The van der Waals surface area contributed by atoms with Crippen LogP contribution in [0.1, 0.15) is 0 Å². The minimum atomic E-state index is -3.44. The Morgan fingerprint density at radius 2 is 2.00 bits per heavy atom. The number of hydrogen-bond donors (Lipinski definition) is 1. The Hall–Kier alpha value is 0.220. The van der Waals surface area contributed by atoms with Crippen molar-refractivity contribution in [2.24, 2.45) is 0 Å². The van der Waals surface area contributed by atoms with Gasteiger partial charge in [0.1, 0.15) is 0 Å². The van der Waals surface area contributed by atoms with Gasteiger partial charge in [-0.3, -0.25) is 0 Å². The fourth-order valence-electron chi connectivity index (χ4n) is 0. The molecule has 0 fully saturated rings. The van der Waals surface area contributed by atoms with Crippen molar-refractivity contribution in [2.45, 2.75) is 0 Å². The van der Waals surface area contributed by atoms with Gasteiger partial charge < -0.3 is 0 Å². The topological polar surface area (TPSA) is 54.4 Å². The van der Waals surface area contributed by atoms with Gasteiger partial charge in [-0.1, -0.05) is 0 Å². The van der Waals surface area contributed by atoms with Gasteiger partial charge in [-0.25, -0.2) is 0 Å². The van der Waals surface area contributed by atoms with Gasteiger partial charge in [-0.15, -0.1) is 0 Å². The molecule has 0 aliphatic rings. The molecule has 0 amide bonds. The molecule has 0 heterocycles. The van der Waals surface area contributed by atoms with E-state index in [4.69, 9.17) is 8.27 Å². The van der Waals surface area contributed by atoms with Gasteiger partial charge >= 0.3 is 35.7 Å². The molecule has 0 aromatic heterocycles. The van der Waals surface area contributed by atoms with E-state index in [9.17, 15) is 3.10 Å². The molecule has 0 atom stereocenters. The van der Waals surface area contributed by atoms with E-state index >= 15 is 0 Å². The summed E-state index contributed by atoms with van der Waals surface area (Å²) in [6, 6.07) is 0. The van der Waals surface area contributed by atoms with E-state index in [1.54, 1.807) is 0 Å². The van der Waals surface area contributed by atoms with Crippen LogP contribution in [-0.2, 0) is 7.90 Å². The zero-order chi connectivity index (χ0) is 4.28. The van der Waals surface area contributed by atoms with E-state index < -0.39 is 19.9 Å². The first-order chi connectivity index (χ1) is 2.27. The maximum atomic E-state index is 9.20. The van der Waals surface area contributed by atoms with Crippen molar-refractivity contribution in [3.8, 4) is 0 Å². The molecule has 5 heavy (non-hydrogen) atoms. The van der Waals surface area contributed by atoms with Crippen LogP contribution in [0.4, 0.5) is 0 Å². The van der Waals surface area contributed by atoms with Gasteiger partial charge in [0.05, 0.1) is 0 Å². The molecule has 0 rings (SSSR count). The summed E-state index contributed by atoms with van der Waals surface area (Å²) < 4.78 is 17.7. The fraction of sp³-hybridized carbons (Fsp3) is 0. The normalized spacial score (nSPS) is 8.40. The number of rotatable bonds is 1. The third-order valence-corrected chi connectivity index (χ3v) is 0.478. The Morgan fingerprint density at radius 3 is 2.00 bits per heavy atom. The molecule has 3 nitrogen and oxygen atoms in total. The van der Waals surface area contributed by atoms with Crippen molar-refractivity contribution in [1.29, 1.82) is 0 Å². The summed E-state index contributed by atoms with van der Waals surface area (Å²) >= 11 is -3.44. The Bertz CT molecular complexity index is 57.9. The molecule has 29 valence electrons. The van der Waals surface area contributed by atoms with Crippen LogP contribution < -0.4 is 0 Å². The van der Waals surface area contributed by atoms with E-state index in [1.165, 1.54) is 0 Å². The van der Waals surface area contributed by atoms with Crippen LogP contribution in [0, 0.1) is 0 Å². The molecule has 0 unspecified atom stereocenters. The molecule has 0 aliphatic carbocycles. The Morgan fingerprint density at radius 1 is 1.80 bits per heavy atom. The second-order valence-corrected chi connectivity index (χ2v) is 2.23. The monoisotopic (exact) mass is 191 g/mol. The van der Waals surface area contributed by atoms with Crippen LogP contribution in [0.15, 0.2) is 0 Å². The van der Waals surface area contributed by atoms with Crippen molar-refractivity contribution in [3.63, 3.8) is 0 Å².